The fourth-order valence-corrected chi connectivity index (χ4v) is 4.43. The summed E-state index contributed by atoms with van der Waals surface area (Å²) in [7, 11) is -0.0549. The zero-order valence-corrected chi connectivity index (χ0v) is 23.2. The molecule has 0 unspecified atom stereocenters. The summed E-state index contributed by atoms with van der Waals surface area (Å²) in [5.41, 5.74) is 0.975. The highest BCUT2D eigenvalue weighted by Crippen LogP contribution is 2.27. The second kappa shape index (κ2) is 13.9. The molecule has 0 spiro atoms. The molecule has 0 atom stereocenters. The highest BCUT2D eigenvalue weighted by atomic mass is 32.2. The van der Waals surface area contributed by atoms with Gasteiger partial charge in [0.2, 0.25) is 0 Å². The van der Waals surface area contributed by atoms with Gasteiger partial charge in [-0.15, -0.1) is 0 Å². The van der Waals surface area contributed by atoms with E-state index in [9.17, 15) is 27.6 Å². The summed E-state index contributed by atoms with van der Waals surface area (Å²) in [6.45, 7) is -0.0655. The average molecular weight is 585 g/mol. The van der Waals surface area contributed by atoms with Gasteiger partial charge in [-0.3, -0.25) is 24.2 Å². The second-order valence-electron chi connectivity index (χ2n) is 8.35. The lowest BCUT2D eigenvalue weighted by Gasteiger charge is -2.10. The molecule has 3 aromatic rings. The van der Waals surface area contributed by atoms with Crippen LogP contribution in [0.2, 0.25) is 0 Å². The van der Waals surface area contributed by atoms with E-state index in [1.807, 2.05) is 4.72 Å². The maximum atomic E-state index is 12.7. The van der Waals surface area contributed by atoms with Gasteiger partial charge in [0.15, 0.2) is 11.5 Å². The number of nitrogens with zero attached hydrogens (tertiary/aromatic N) is 1. The monoisotopic (exact) mass is 584 g/mol. The van der Waals surface area contributed by atoms with Gasteiger partial charge in [-0.2, -0.15) is 0 Å². The van der Waals surface area contributed by atoms with Gasteiger partial charge < -0.3 is 24.8 Å². The Morgan fingerprint density at radius 2 is 1.46 bits per heavy atom. The first-order chi connectivity index (χ1) is 19.6. The molecule has 0 saturated heterocycles. The van der Waals surface area contributed by atoms with Crippen LogP contribution >= 0.6 is 0 Å². The third kappa shape index (κ3) is 8.25. The first-order valence-electron chi connectivity index (χ1n) is 12.0. The summed E-state index contributed by atoms with van der Waals surface area (Å²) < 4.78 is 42.2. The van der Waals surface area contributed by atoms with E-state index in [-0.39, 0.29) is 28.6 Å². The number of esters is 1. The lowest BCUT2D eigenvalue weighted by Crippen LogP contribution is -2.32. The van der Waals surface area contributed by atoms with Gasteiger partial charge in [-0.05, 0) is 54.4 Å². The molecular weight excluding hydrogens is 556 g/mol. The number of nitrogens with one attached hydrogen (secondary N) is 3. The molecule has 1 aromatic heterocycles. The number of carbonyl (C=O) groups is 4. The first-order valence-corrected chi connectivity index (χ1v) is 13.5. The molecule has 0 saturated carbocycles. The van der Waals surface area contributed by atoms with Crippen molar-refractivity contribution in [1.82, 2.24) is 20.3 Å². The Bertz CT molecular complexity index is 1520. The molecular formula is C27H28N4O9S. The van der Waals surface area contributed by atoms with E-state index in [0.29, 0.717) is 30.0 Å². The minimum absolute atomic E-state index is 0.0798. The smallest absolute Gasteiger partial charge is 0.325 e. The molecule has 0 fully saturated rings. The molecule has 3 amide bonds. The lowest BCUT2D eigenvalue weighted by molar-refractivity contribution is -0.139. The van der Waals surface area contributed by atoms with E-state index in [4.69, 9.17) is 9.47 Å². The number of ether oxygens (including phenoxy) is 3. The maximum absolute atomic E-state index is 12.7. The number of sulfonamides is 1. The van der Waals surface area contributed by atoms with E-state index in [1.165, 1.54) is 45.6 Å². The van der Waals surface area contributed by atoms with Gasteiger partial charge in [0.05, 0.1) is 31.8 Å². The highest BCUT2D eigenvalue weighted by Gasteiger charge is 2.20. The first kappa shape index (κ1) is 30.6. The van der Waals surface area contributed by atoms with Crippen molar-refractivity contribution in [2.75, 3.05) is 34.4 Å². The van der Waals surface area contributed by atoms with Crippen LogP contribution in [0.5, 0.6) is 11.5 Å². The van der Waals surface area contributed by atoms with Crippen molar-refractivity contribution < 1.29 is 41.8 Å². The summed E-state index contributed by atoms with van der Waals surface area (Å²) in [6, 6.07) is 13.1. The van der Waals surface area contributed by atoms with Crippen LogP contribution < -0.4 is 24.8 Å². The molecule has 3 N–H and O–H groups in total. The standard InChI is InChI=1S/C27H28N4O9S/c1-38-22-11-7-18(14-23(22)39-2)25(33)28-13-12-17-4-8-20(9-5-17)41(36,37)31-26(34)19-6-10-21(29-15-19)27(35)30-16-24(32)40-3/h4-11,14-15H,12-13,16H2,1-3H3,(H,28,33)(H,30,35)(H,31,34). The Morgan fingerprint density at radius 3 is 2.07 bits per heavy atom. The number of benzene rings is 2. The lowest BCUT2D eigenvalue weighted by atomic mass is 10.1. The molecule has 0 radical (unpaired) electrons. The highest BCUT2D eigenvalue weighted by molar-refractivity contribution is 7.90. The van der Waals surface area contributed by atoms with Gasteiger partial charge in [0, 0.05) is 18.3 Å². The molecule has 0 aliphatic rings. The normalized spacial score (nSPS) is 10.7. The topological polar surface area (TPSA) is 179 Å². The van der Waals surface area contributed by atoms with E-state index in [1.54, 1.807) is 30.3 Å². The van der Waals surface area contributed by atoms with Crippen molar-refractivity contribution in [3.63, 3.8) is 0 Å². The van der Waals surface area contributed by atoms with Crippen LogP contribution in [0.1, 0.15) is 36.8 Å². The molecule has 41 heavy (non-hydrogen) atoms. The summed E-state index contributed by atoms with van der Waals surface area (Å²) in [5, 5.41) is 5.08. The number of hydrogen-bond donors (Lipinski definition) is 3. The molecule has 0 bridgehead atoms. The van der Waals surface area contributed by atoms with E-state index >= 15 is 0 Å². The fraction of sp³-hybridized carbons (Fsp3) is 0.222. The van der Waals surface area contributed by atoms with Crippen LogP contribution in [0.3, 0.4) is 0 Å². The van der Waals surface area contributed by atoms with E-state index < -0.39 is 27.8 Å². The van der Waals surface area contributed by atoms with Gasteiger partial charge in [0.25, 0.3) is 27.7 Å². The zero-order valence-electron chi connectivity index (χ0n) is 22.4. The largest absolute Gasteiger partial charge is 0.493 e. The third-order valence-corrected chi connectivity index (χ3v) is 7.03. The average Bonchev–Trinajstić information content (AvgIpc) is 2.99. The number of aromatic nitrogens is 1. The molecule has 0 aliphatic carbocycles. The van der Waals surface area contributed by atoms with E-state index in [0.717, 1.165) is 11.8 Å². The quantitative estimate of drug-likeness (QED) is 0.261. The van der Waals surface area contributed by atoms with Gasteiger partial charge in [-0.25, -0.2) is 13.1 Å². The fourth-order valence-electron chi connectivity index (χ4n) is 3.45. The number of pyridine rings is 1. The summed E-state index contributed by atoms with van der Waals surface area (Å²) in [4.78, 5) is 51.7. The van der Waals surface area contributed by atoms with Crippen LogP contribution in [0.4, 0.5) is 0 Å². The van der Waals surface area contributed by atoms with Crippen LogP contribution in [-0.4, -0.2) is 71.5 Å². The predicted octanol–water partition coefficient (Wildman–Crippen LogP) is 1.09. The van der Waals surface area contributed by atoms with Crippen LogP contribution in [0.15, 0.2) is 65.7 Å². The van der Waals surface area contributed by atoms with Crippen LogP contribution in [-0.2, 0) is 26.0 Å². The number of amides is 3. The minimum atomic E-state index is -4.20. The number of hydrogen-bond acceptors (Lipinski definition) is 10. The SMILES string of the molecule is COC(=O)CNC(=O)c1ccc(C(=O)NS(=O)(=O)c2ccc(CCNC(=O)c3ccc(OC)c(OC)c3)cc2)cn1. The Labute approximate surface area is 236 Å². The third-order valence-electron chi connectivity index (χ3n) is 5.68. The van der Waals surface area contributed by atoms with Crippen LogP contribution in [0, 0.1) is 0 Å². The maximum Gasteiger partial charge on any atom is 0.325 e. The Morgan fingerprint density at radius 1 is 0.780 bits per heavy atom. The number of rotatable bonds is 12. The summed E-state index contributed by atoms with van der Waals surface area (Å²) >= 11 is 0. The number of methoxy groups -OCH3 is 3. The van der Waals surface area contributed by atoms with Gasteiger partial charge >= 0.3 is 5.97 Å². The minimum Gasteiger partial charge on any atom is -0.493 e. The molecule has 0 aliphatic heterocycles. The molecule has 13 nitrogen and oxygen atoms in total. The van der Waals surface area contributed by atoms with Crippen molar-refractivity contribution in [3.05, 3.63) is 83.2 Å². The van der Waals surface area contributed by atoms with Crippen molar-refractivity contribution in [3.8, 4) is 11.5 Å². The summed E-state index contributed by atoms with van der Waals surface area (Å²) in [5.74, 6) is -1.64. The second-order valence-corrected chi connectivity index (χ2v) is 10.0. The molecule has 3 rings (SSSR count). The Balaban J connectivity index is 1.54. The van der Waals surface area contributed by atoms with E-state index in [2.05, 4.69) is 20.4 Å². The van der Waals surface area contributed by atoms with Crippen molar-refractivity contribution in [1.29, 1.82) is 0 Å². The van der Waals surface area contributed by atoms with Crippen molar-refractivity contribution >= 4 is 33.7 Å². The molecule has 14 heteroatoms. The Kier molecular flexibility index (Phi) is 10.4. The molecule has 216 valence electrons. The van der Waals surface area contributed by atoms with Gasteiger partial charge in [0.1, 0.15) is 12.2 Å². The van der Waals surface area contributed by atoms with Crippen LogP contribution in [0.25, 0.3) is 0 Å². The molecule has 1 heterocycles. The van der Waals surface area contributed by atoms with Gasteiger partial charge in [-0.1, -0.05) is 12.1 Å². The predicted molar refractivity (Wildman–Crippen MR) is 145 cm³/mol. The van der Waals surface area contributed by atoms with Crippen molar-refractivity contribution in [2.45, 2.75) is 11.3 Å². The Hall–Kier alpha value is -4.98. The summed E-state index contributed by atoms with van der Waals surface area (Å²) in [6.07, 6.45) is 1.47. The van der Waals surface area contributed by atoms with Crippen molar-refractivity contribution in [2.24, 2.45) is 0 Å². The zero-order chi connectivity index (χ0) is 30.0. The molecule has 2 aromatic carbocycles. The number of carbonyl (C=O) groups excluding carboxylic acids is 4.